The maximum atomic E-state index is 4.44. The molecule has 0 saturated heterocycles. The number of nitrogens with one attached hydrogen (secondary N) is 1. The van der Waals surface area contributed by atoms with Gasteiger partial charge in [-0.1, -0.05) is 20.8 Å². The van der Waals surface area contributed by atoms with E-state index in [9.17, 15) is 0 Å². The van der Waals surface area contributed by atoms with Gasteiger partial charge in [0.2, 0.25) is 0 Å². The van der Waals surface area contributed by atoms with Crippen LogP contribution in [0.3, 0.4) is 0 Å². The van der Waals surface area contributed by atoms with Gasteiger partial charge in [0.05, 0.1) is 5.69 Å². The van der Waals surface area contributed by atoms with E-state index in [1.807, 2.05) is 11.7 Å². The number of rotatable bonds is 9. The Kier molecular flexibility index (Phi) is 7.54. The zero-order valence-electron chi connectivity index (χ0n) is 13.1. The van der Waals surface area contributed by atoms with Crippen LogP contribution in [0.1, 0.15) is 38.6 Å². The zero-order valence-corrected chi connectivity index (χ0v) is 13.9. The first-order valence-electron chi connectivity index (χ1n) is 7.33. The van der Waals surface area contributed by atoms with Gasteiger partial charge < -0.3 is 5.32 Å². The highest BCUT2D eigenvalue weighted by atomic mass is 32.2. The van der Waals surface area contributed by atoms with Crippen LogP contribution in [0.25, 0.3) is 0 Å². The molecule has 0 aliphatic heterocycles. The van der Waals surface area contributed by atoms with E-state index in [2.05, 4.69) is 55.9 Å². The fraction of sp³-hybridized carbons (Fsp3) is 0.800. The van der Waals surface area contributed by atoms with Crippen LogP contribution in [0, 0.1) is 12.8 Å². The van der Waals surface area contributed by atoms with Gasteiger partial charge >= 0.3 is 0 Å². The summed E-state index contributed by atoms with van der Waals surface area (Å²) in [5.41, 5.74) is 2.44. The molecule has 0 aliphatic rings. The predicted molar refractivity (Wildman–Crippen MR) is 85.9 cm³/mol. The van der Waals surface area contributed by atoms with Crippen LogP contribution in [-0.2, 0) is 13.5 Å². The van der Waals surface area contributed by atoms with Crippen molar-refractivity contribution >= 4 is 11.8 Å². The number of aromatic nitrogens is 2. The van der Waals surface area contributed by atoms with Crippen molar-refractivity contribution in [2.45, 2.75) is 46.6 Å². The lowest BCUT2D eigenvalue weighted by Gasteiger charge is -2.18. The highest BCUT2D eigenvalue weighted by Crippen LogP contribution is 2.13. The van der Waals surface area contributed by atoms with Gasteiger partial charge in [0.25, 0.3) is 0 Å². The molecule has 3 nitrogen and oxygen atoms in total. The van der Waals surface area contributed by atoms with Gasteiger partial charge in [-0.3, -0.25) is 4.68 Å². The molecule has 0 aliphatic carbocycles. The lowest BCUT2D eigenvalue weighted by atomic mass is 10.1. The van der Waals surface area contributed by atoms with E-state index < -0.39 is 0 Å². The van der Waals surface area contributed by atoms with Crippen LogP contribution < -0.4 is 5.32 Å². The molecule has 0 aromatic carbocycles. The van der Waals surface area contributed by atoms with Gasteiger partial charge in [0.1, 0.15) is 0 Å². The highest BCUT2D eigenvalue weighted by molar-refractivity contribution is 7.99. The van der Waals surface area contributed by atoms with Crippen molar-refractivity contribution in [3.63, 3.8) is 0 Å². The summed E-state index contributed by atoms with van der Waals surface area (Å²) in [6.07, 6.45) is 2.26. The third kappa shape index (κ3) is 6.48. The molecule has 0 bridgehead atoms. The molecule has 19 heavy (non-hydrogen) atoms. The summed E-state index contributed by atoms with van der Waals surface area (Å²) in [6.45, 7) is 9.95. The maximum Gasteiger partial charge on any atom is 0.0596 e. The SMILES string of the molecule is CCCNC(CSCC(C)C)Cc1cc(C)nn1C. The largest absolute Gasteiger partial charge is 0.313 e. The van der Waals surface area contributed by atoms with E-state index in [-0.39, 0.29) is 0 Å². The Hall–Kier alpha value is -0.480. The zero-order chi connectivity index (χ0) is 14.3. The Morgan fingerprint density at radius 2 is 2.11 bits per heavy atom. The Morgan fingerprint density at radius 1 is 1.37 bits per heavy atom. The van der Waals surface area contributed by atoms with Gasteiger partial charge in [0.15, 0.2) is 0 Å². The van der Waals surface area contributed by atoms with Crippen LogP contribution in [0.5, 0.6) is 0 Å². The Balaban J connectivity index is 2.50. The van der Waals surface area contributed by atoms with E-state index in [0.29, 0.717) is 6.04 Å². The van der Waals surface area contributed by atoms with Crippen molar-refractivity contribution in [2.24, 2.45) is 13.0 Å². The topological polar surface area (TPSA) is 29.9 Å². The van der Waals surface area contributed by atoms with E-state index in [1.54, 1.807) is 0 Å². The summed E-state index contributed by atoms with van der Waals surface area (Å²) in [6, 6.07) is 2.76. The second-order valence-electron chi connectivity index (χ2n) is 5.69. The van der Waals surface area contributed by atoms with Crippen LogP contribution in [0.15, 0.2) is 6.07 Å². The standard InChI is InChI=1S/C15H29N3S/c1-6-7-16-14(11-19-10-12(2)3)9-15-8-13(4)17-18(15)5/h8,12,14,16H,6-7,9-11H2,1-5H3. The van der Waals surface area contributed by atoms with E-state index in [1.165, 1.54) is 23.6 Å². The van der Waals surface area contributed by atoms with E-state index in [4.69, 9.17) is 0 Å². The molecular formula is C15H29N3S. The number of thioether (sulfide) groups is 1. The average Bonchev–Trinajstić information content (AvgIpc) is 2.64. The minimum absolute atomic E-state index is 0.554. The summed E-state index contributed by atoms with van der Waals surface area (Å²) in [5, 5.41) is 8.10. The van der Waals surface area contributed by atoms with E-state index in [0.717, 1.165) is 24.6 Å². The van der Waals surface area contributed by atoms with Gasteiger partial charge in [-0.05, 0) is 37.6 Å². The minimum Gasteiger partial charge on any atom is -0.313 e. The summed E-state index contributed by atoms with van der Waals surface area (Å²) in [7, 11) is 2.04. The van der Waals surface area contributed by atoms with Crippen LogP contribution in [0.2, 0.25) is 0 Å². The molecule has 1 aromatic heterocycles. The van der Waals surface area contributed by atoms with Gasteiger partial charge in [-0.2, -0.15) is 16.9 Å². The number of nitrogens with zero attached hydrogens (tertiary/aromatic N) is 2. The molecule has 0 saturated carbocycles. The van der Waals surface area contributed by atoms with Crippen molar-refractivity contribution in [1.82, 2.24) is 15.1 Å². The quantitative estimate of drug-likeness (QED) is 0.755. The van der Waals surface area contributed by atoms with Crippen molar-refractivity contribution in [1.29, 1.82) is 0 Å². The molecule has 0 radical (unpaired) electrons. The first kappa shape index (κ1) is 16.6. The molecule has 0 spiro atoms. The van der Waals surface area contributed by atoms with Crippen molar-refractivity contribution in [2.75, 3.05) is 18.1 Å². The highest BCUT2D eigenvalue weighted by Gasteiger charge is 2.12. The summed E-state index contributed by atoms with van der Waals surface area (Å²) in [5.74, 6) is 3.20. The van der Waals surface area contributed by atoms with Gasteiger partial charge in [-0.15, -0.1) is 0 Å². The summed E-state index contributed by atoms with van der Waals surface area (Å²) >= 11 is 2.06. The second-order valence-corrected chi connectivity index (χ2v) is 6.76. The molecule has 1 N–H and O–H groups in total. The van der Waals surface area contributed by atoms with Crippen LogP contribution in [0.4, 0.5) is 0 Å². The monoisotopic (exact) mass is 283 g/mol. The predicted octanol–water partition coefficient (Wildman–Crippen LogP) is 3.03. The lowest BCUT2D eigenvalue weighted by molar-refractivity contribution is 0.531. The molecule has 1 unspecified atom stereocenters. The van der Waals surface area contributed by atoms with Gasteiger partial charge in [0, 0.05) is 31.0 Å². The average molecular weight is 283 g/mol. The first-order valence-corrected chi connectivity index (χ1v) is 8.49. The number of hydrogen-bond donors (Lipinski definition) is 1. The molecule has 110 valence electrons. The summed E-state index contributed by atoms with van der Waals surface area (Å²) < 4.78 is 2.02. The van der Waals surface area contributed by atoms with Crippen molar-refractivity contribution in [3.05, 3.63) is 17.5 Å². The molecular weight excluding hydrogens is 254 g/mol. The Labute approximate surface area is 122 Å². The molecule has 4 heteroatoms. The maximum absolute atomic E-state index is 4.44. The number of aryl methyl sites for hydroxylation is 2. The van der Waals surface area contributed by atoms with E-state index >= 15 is 0 Å². The van der Waals surface area contributed by atoms with Gasteiger partial charge in [-0.25, -0.2) is 0 Å². The van der Waals surface area contributed by atoms with Crippen LogP contribution >= 0.6 is 11.8 Å². The van der Waals surface area contributed by atoms with Crippen molar-refractivity contribution < 1.29 is 0 Å². The smallest absolute Gasteiger partial charge is 0.0596 e. The van der Waals surface area contributed by atoms with Crippen LogP contribution in [-0.4, -0.2) is 33.9 Å². The van der Waals surface area contributed by atoms with Crippen molar-refractivity contribution in [3.8, 4) is 0 Å². The second kappa shape index (κ2) is 8.64. The fourth-order valence-corrected chi connectivity index (χ4v) is 3.22. The third-order valence-corrected chi connectivity index (χ3v) is 4.55. The molecule has 1 atom stereocenters. The molecule has 1 aromatic rings. The first-order chi connectivity index (χ1) is 9.02. The summed E-state index contributed by atoms with van der Waals surface area (Å²) in [4.78, 5) is 0. The molecule has 1 rings (SSSR count). The minimum atomic E-state index is 0.554. The normalized spacial score (nSPS) is 13.2. The fourth-order valence-electron chi connectivity index (χ4n) is 2.09. The number of hydrogen-bond acceptors (Lipinski definition) is 3. The molecule has 0 fully saturated rings. The molecule has 0 amide bonds. The Morgan fingerprint density at radius 3 is 2.63 bits per heavy atom. The molecule has 1 heterocycles. The Bertz CT molecular complexity index is 360. The third-order valence-electron chi connectivity index (χ3n) is 3.01. The lowest BCUT2D eigenvalue weighted by Crippen LogP contribution is -2.34.